The maximum atomic E-state index is 13.6. The molecule has 0 aliphatic carbocycles. The SMILES string of the molecule is COC(=O)C(c1ccccc1)N1C(=O)C(N2C(=O)c3ccccc3C2=O)C1/C=C/c1ccccc1. The van der Waals surface area contributed by atoms with Gasteiger partial charge < -0.3 is 9.64 Å². The number of imide groups is 1. The largest absolute Gasteiger partial charge is 0.467 e. The first kappa shape index (κ1) is 22.3. The monoisotopic (exact) mass is 466 g/mol. The van der Waals surface area contributed by atoms with E-state index in [9.17, 15) is 19.2 Å². The fraction of sp³-hybridized carbons (Fsp3) is 0.143. The predicted octanol–water partition coefficient (Wildman–Crippen LogP) is 3.49. The Morgan fingerprint density at radius 2 is 1.37 bits per heavy atom. The Bertz CT molecular complexity index is 1300. The van der Waals surface area contributed by atoms with E-state index in [1.54, 1.807) is 54.6 Å². The van der Waals surface area contributed by atoms with Gasteiger partial charge in [-0.1, -0.05) is 84.9 Å². The number of nitrogens with zero attached hydrogens (tertiary/aromatic N) is 2. The lowest BCUT2D eigenvalue weighted by Gasteiger charge is -2.51. The molecule has 7 heteroatoms. The zero-order valence-corrected chi connectivity index (χ0v) is 18.9. The standard InChI is InChI=1S/C28H22N2O5/c1-35-28(34)23(19-12-6-3-7-13-19)29-22(17-16-18-10-4-2-5-11-18)24(27(29)33)30-25(31)20-14-8-9-15-21(20)26(30)32/h2-17,22-24H,1H3/b17-16+. The molecule has 0 spiro atoms. The first-order chi connectivity index (χ1) is 17.0. The molecule has 2 heterocycles. The molecule has 5 rings (SSSR count). The number of fused-ring (bicyclic) bond motifs is 1. The van der Waals surface area contributed by atoms with Crippen LogP contribution in [0, 0.1) is 0 Å². The van der Waals surface area contributed by atoms with Crippen LogP contribution in [0.4, 0.5) is 0 Å². The van der Waals surface area contributed by atoms with Crippen LogP contribution in [0.2, 0.25) is 0 Å². The van der Waals surface area contributed by atoms with Gasteiger partial charge in [-0.3, -0.25) is 19.3 Å². The third-order valence-electron chi connectivity index (χ3n) is 6.36. The molecule has 2 aliphatic rings. The maximum Gasteiger partial charge on any atom is 0.333 e. The first-order valence-corrected chi connectivity index (χ1v) is 11.2. The number of hydrogen-bond donors (Lipinski definition) is 0. The van der Waals surface area contributed by atoms with Crippen LogP contribution in [0.25, 0.3) is 6.08 Å². The number of esters is 1. The first-order valence-electron chi connectivity index (χ1n) is 11.2. The maximum absolute atomic E-state index is 13.6. The van der Waals surface area contributed by atoms with Gasteiger partial charge in [0.25, 0.3) is 11.8 Å². The minimum atomic E-state index is -1.07. The van der Waals surface area contributed by atoms with Crippen LogP contribution in [0.1, 0.15) is 37.9 Å². The molecule has 3 aromatic rings. The van der Waals surface area contributed by atoms with Gasteiger partial charge in [0.15, 0.2) is 6.04 Å². The predicted molar refractivity (Wildman–Crippen MR) is 128 cm³/mol. The number of carbonyl (C=O) groups excluding carboxylic acids is 4. The molecular formula is C28H22N2O5. The Morgan fingerprint density at radius 3 is 1.94 bits per heavy atom. The van der Waals surface area contributed by atoms with Gasteiger partial charge in [0, 0.05) is 0 Å². The molecule has 35 heavy (non-hydrogen) atoms. The molecule has 2 aliphatic heterocycles. The summed E-state index contributed by atoms with van der Waals surface area (Å²) in [5, 5.41) is 0. The fourth-order valence-electron chi connectivity index (χ4n) is 4.67. The van der Waals surface area contributed by atoms with Gasteiger partial charge in [-0.05, 0) is 23.3 Å². The van der Waals surface area contributed by atoms with Gasteiger partial charge in [0.05, 0.1) is 24.3 Å². The Morgan fingerprint density at radius 1 is 0.829 bits per heavy atom. The smallest absolute Gasteiger partial charge is 0.333 e. The van der Waals surface area contributed by atoms with Crippen LogP contribution in [0.3, 0.4) is 0 Å². The molecule has 7 nitrogen and oxygen atoms in total. The van der Waals surface area contributed by atoms with E-state index in [0.29, 0.717) is 5.56 Å². The summed E-state index contributed by atoms with van der Waals surface area (Å²) < 4.78 is 5.03. The highest BCUT2D eigenvalue weighted by Gasteiger charge is 2.58. The van der Waals surface area contributed by atoms with Gasteiger partial charge >= 0.3 is 5.97 Å². The molecule has 0 bridgehead atoms. The Hall–Kier alpha value is -4.52. The van der Waals surface area contributed by atoms with E-state index < -0.39 is 41.8 Å². The summed E-state index contributed by atoms with van der Waals surface area (Å²) in [5.74, 6) is -2.14. The third-order valence-corrected chi connectivity index (χ3v) is 6.36. The van der Waals surface area contributed by atoms with Crippen molar-refractivity contribution in [2.24, 2.45) is 0 Å². The van der Waals surface area contributed by atoms with E-state index in [0.717, 1.165) is 10.5 Å². The average molecular weight is 466 g/mol. The van der Waals surface area contributed by atoms with Crippen molar-refractivity contribution in [1.82, 2.24) is 9.80 Å². The highest BCUT2D eigenvalue weighted by Crippen LogP contribution is 2.39. The van der Waals surface area contributed by atoms with E-state index in [4.69, 9.17) is 4.74 Å². The second-order valence-electron chi connectivity index (χ2n) is 8.31. The van der Waals surface area contributed by atoms with Crippen molar-refractivity contribution in [3.63, 3.8) is 0 Å². The van der Waals surface area contributed by atoms with E-state index >= 15 is 0 Å². The number of hydrogen-bond acceptors (Lipinski definition) is 5. The highest BCUT2D eigenvalue weighted by molar-refractivity contribution is 6.23. The van der Waals surface area contributed by atoms with E-state index in [2.05, 4.69) is 0 Å². The quantitative estimate of drug-likeness (QED) is 0.316. The molecule has 0 aromatic heterocycles. The molecule has 0 radical (unpaired) electrons. The molecule has 174 valence electrons. The number of benzene rings is 3. The summed E-state index contributed by atoms with van der Waals surface area (Å²) in [6, 6.07) is 22.0. The number of amides is 3. The van der Waals surface area contributed by atoms with Gasteiger partial charge in [-0.15, -0.1) is 0 Å². The summed E-state index contributed by atoms with van der Waals surface area (Å²) in [6.45, 7) is 0. The fourth-order valence-corrected chi connectivity index (χ4v) is 4.67. The summed E-state index contributed by atoms with van der Waals surface area (Å²) in [6.07, 6.45) is 3.57. The normalized spacial score (nSPS) is 20.1. The second-order valence-corrected chi connectivity index (χ2v) is 8.31. The van der Waals surface area contributed by atoms with Crippen LogP contribution < -0.4 is 0 Å². The van der Waals surface area contributed by atoms with Crippen LogP contribution in [-0.4, -0.2) is 52.7 Å². The van der Waals surface area contributed by atoms with Gasteiger partial charge in [0.1, 0.15) is 6.04 Å². The molecule has 0 saturated carbocycles. The van der Waals surface area contributed by atoms with Crippen molar-refractivity contribution in [3.05, 3.63) is 113 Å². The number of β-lactam (4-membered cyclic amide) rings is 1. The lowest BCUT2D eigenvalue weighted by molar-refractivity contribution is -0.168. The molecule has 3 amide bonds. The summed E-state index contributed by atoms with van der Waals surface area (Å²) in [7, 11) is 1.26. The Balaban J connectivity index is 1.56. The Kier molecular flexibility index (Phi) is 5.74. The van der Waals surface area contributed by atoms with Crippen molar-refractivity contribution in [1.29, 1.82) is 0 Å². The van der Waals surface area contributed by atoms with Crippen molar-refractivity contribution in [2.75, 3.05) is 7.11 Å². The van der Waals surface area contributed by atoms with Crippen molar-refractivity contribution in [3.8, 4) is 0 Å². The third kappa shape index (κ3) is 3.71. The zero-order chi connectivity index (χ0) is 24.5. The molecule has 0 N–H and O–H groups in total. The van der Waals surface area contributed by atoms with Gasteiger partial charge in [0.2, 0.25) is 5.91 Å². The van der Waals surface area contributed by atoms with Crippen LogP contribution in [-0.2, 0) is 14.3 Å². The molecule has 3 aromatic carbocycles. The molecule has 3 atom stereocenters. The zero-order valence-electron chi connectivity index (χ0n) is 18.9. The van der Waals surface area contributed by atoms with E-state index in [1.807, 2.05) is 42.5 Å². The van der Waals surface area contributed by atoms with E-state index in [-0.39, 0.29) is 11.1 Å². The molecule has 1 fully saturated rings. The summed E-state index contributed by atoms with van der Waals surface area (Å²) in [5.41, 5.74) is 1.98. The number of carbonyl (C=O) groups is 4. The number of likely N-dealkylation sites (tertiary alicyclic amines) is 1. The molecule has 1 saturated heterocycles. The summed E-state index contributed by atoms with van der Waals surface area (Å²) in [4.78, 5) is 55.2. The minimum absolute atomic E-state index is 0.266. The van der Waals surface area contributed by atoms with Crippen LogP contribution in [0.5, 0.6) is 0 Å². The lowest BCUT2D eigenvalue weighted by Crippen LogP contribution is -2.72. The molecule has 3 unspecified atom stereocenters. The van der Waals surface area contributed by atoms with Crippen molar-refractivity contribution >= 4 is 29.8 Å². The molecular weight excluding hydrogens is 444 g/mol. The van der Waals surface area contributed by atoms with E-state index in [1.165, 1.54) is 12.0 Å². The topological polar surface area (TPSA) is 84.0 Å². The highest BCUT2D eigenvalue weighted by atomic mass is 16.5. The van der Waals surface area contributed by atoms with Crippen molar-refractivity contribution < 1.29 is 23.9 Å². The number of rotatable bonds is 6. The number of methoxy groups -OCH3 is 1. The van der Waals surface area contributed by atoms with Gasteiger partial charge in [-0.25, -0.2) is 4.79 Å². The van der Waals surface area contributed by atoms with Gasteiger partial charge in [-0.2, -0.15) is 0 Å². The minimum Gasteiger partial charge on any atom is -0.467 e. The van der Waals surface area contributed by atoms with Crippen LogP contribution >= 0.6 is 0 Å². The number of ether oxygens (including phenoxy) is 1. The lowest BCUT2D eigenvalue weighted by atomic mass is 9.87. The van der Waals surface area contributed by atoms with Crippen molar-refractivity contribution in [2.45, 2.75) is 18.1 Å². The summed E-state index contributed by atoms with van der Waals surface area (Å²) >= 11 is 0. The van der Waals surface area contributed by atoms with Crippen LogP contribution in [0.15, 0.2) is 91.0 Å². The average Bonchev–Trinajstić information content (AvgIpc) is 3.15. The second kappa shape index (κ2) is 9.02. The Labute approximate surface area is 202 Å².